The van der Waals surface area contributed by atoms with Gasteiger partial charge in [0.25, 0.3) is 0 Å². The molecule has 2 N–H and O–H groups in total. The average molecular weight is 185 g/mol. The third kappa shape index (κ3) is 1.41. The van der Waals surface area contributed by atoms with Crippen molar-refractivity contribution < 1.29 is 8.78 Å². The van der Waals surface area contributed by atoms with Crippen molar-refractivity contribution in [1.82, 2.24) is 0 Å². The predicted molar refractivity (Wildman–Crippen MR) is 47.2 cm³/mol. The summed E-state index contributed by atoms with van der Waals surface area (Å²) in [6.45, 7) is 1.94. The second-order valence-electron chi connectivity index (χ2n) is 4.26. The minimum Gasteiger partial charge on any atom is -0.327 e. The van der Waals surface area contributed by atoms with Crippen LogP contribution in [0.2, 0.25) is 0 Å². The third-order valence-corrected chi connectivity index (χ3v) is 3.09. The van der Waals surface area contributed by atoms with Crippen LogP contribution in [0.25, 0.3) is 0 Å². The maximum absolute atomic E-state index is 13.0. The highest BCUT2D eigenvalue weighted by Gasteiger charge is 2.47. The lowest BCUT2D eigenvalue weighted by molar-refractivity contribution is 0.336. The highest BCUT2D eigenvalue weighted by Crippen LogP contribution is 2.50. The number of nitrogens with two attached hydrogens (primary N) is 1. The molecule has 0 aromatic rings. The van der Waals surface area contributed by atoms with Gasteiger partial charge in [0, 0.05) is 6.04 Å². The molecule has 72 valence electrons. The molecule has 0 aliphatic heterocycles. The molecule has 0 bridgehead atoms. The van der Waals surface area contributed by atoms with Crippen LogP contribution >= 0.6 is 0 Å². The summed E-state index contributed by atoms with van der Waals surface area (Å²) in [5.74, 6) is -1.14. The molecule has 3 atom stereocenters. The van der Waals surface area contributed by atoms with Crippen LogP contribution in [-0.4, -0.2) is 6.04 Å². The quantitative estimate of drug-likeness (QED) is 0.667. The molecule has 1 fully saturated rings. The van der Waals surface area contributed by atoms with E-state index >= 15 is 0 Å². The summed E-state index contributed by atoms with van der Waals surface area (Å²) >= 11 is 0. The number of rotatable bonds is 1. The highest BCUT2D eigenvalue weighted by molar-refractivity contribution is 5.29. The molecule has 0 amide bonds. The monoisotopic (exact) mass is 185 g/mol. The van der Waals surface area contributed by atoms with E-state index in [0.717, 1.165) is 6.42 Å². The topological polar surface area (TPSA) is 26.0 Å². The lowest BCUT2D eigenvalue weighted by Crippen LogP contribution is -2.22. The van der Waals surface area contributed by atoms with Gasteiger partial charge >= 0.3 is 0 Å². The smallest absolute Gasteiger partial charge is 0.155 e. The van der Waals surface area contributed by atoms with Crippen LogP contribution in [0.3, 0.4) is 0 Å². The number of hydrogen-bond acceptors (Lipinski definition) is 1. The summed E-state index contributed by atoms with van der Waals surface area (Å²) in [5, 5.41) is 0. The summed E-state index contributed by atoms with van der Waals surface area (Å²) in [6, 6.07) is 0.170. The van der Waals surface area contributed by atoms with Gasteiger partial charge in [-0.05, 0) is 36.3 Å². The Balaban J connectivity index is 2.19. The van der Waals surface area contributed by atoms with Crippen molar-refractivity contribution in [3.8, 4) is 0 Å². The molecular weight excluding hydrogens is 172 g/mol. The SMILES string of the molecule is CC1([C@@H]2C[C@H]2N)C=C(F)C(F)=CC1. The Bertz CT molecular complexity index is 295. The van der Waals surface area contributed by atoms with Crippen molar-refractivity contribution in [2.75, 3.05) is 0 Å². The van der Waals surface area contributed by atoms with E-state index in [1.807, 2.05) is 6.92 Å². The molecule has 3 heteroatoms. The van der Waals surface area contributed by atoms with Crippen molar-refractivity contribution >= 4 is 0 Å². The molecule has 2 rings (SSSR count). The second-order valence-corrected chi connectivity index (χ2v) is 4.26. The Hall–Kier alpha value is -0.700. The van der Waals surface area contributed by atoms with Crippen molar-refractivity contribution in [1.29, 1.82) is 0 Å². The fraction of sp³-hybridized carbons (Fsp3) is 0.600. The van der Waals surface area contributed by atoms with Gasteiger partial charge in [-0.3, -0.25) is 0 Å². The van der Waals surface area contributed by atoms with Crippen molar-refractivity contribution in [2.24, 2.45) is 17.1 Å². The summed E-state index contributed by atoms with van der Waals surface area (Å²) in [4.78, 5) is 0. The Kier molecular flexibility index (Phi) is 1.80. The summed E-state index contributed by atoms with van der Waals surface area (Å²) < 4.78 is 25.7. The largest absolute Gasteiger partial charge is 0.327 e. The standard InChI is InChI=1S/C10H13F2N/c1-10(6-4-9(6)13)3-2-7(11)8(12)5-10/h2,5-6,9H,3-4,13H2,1H3/t6-,9-,10?/m1/s1. The Labute approximate surface area is 76.3 Å². The molecular formula is C10H13F2N. The van der Waals surface area contributed by atoms with Gasteiger partial charge in [-0.15, -0.1) is 0 Å². The zero-order valence-corrected chi connectivity index (χ0v) is 7.56. The first-order valence-electron chi connectivity index (χ1n) is 4.53. The third-order valence-electron chi connectivity index (χ3n) is 3.09. The molecule has 0 heterocycles. The van der Waals surface area contributed by atoms with Crippen LogP contribution in [-0.2, 0) is 0 Å². The molecule has 0 radical (unpaired) electrons. The fourth-order valence-electron chi connectivity index (χ4n) is 2.06. The molecule has 0 aromatic carbocycles. The van der Waals surface area contributed by atoms with E-state index in [4.69, 9.17) is 5.73 Å². The van der Waals surface area contributed by atoms with Gasteiger partial charge in [0.2, 0.25) is 0 Å². The number of allylic oxidation sites excluding steroid dienone is 4. The van der Waals surface area contributed by atoms with Crippen LogP contribution in [0.4, 0.5) is 8.78 Å². The minimum absolute atomic E-state index is 0.170. The van der Waals surface area contributed by atoms with Gasteiger partial charge in [-0.1, -0.05) is 6.92 Å². The van der Waals surface area contributed by atoms with Gasteiger partial charge < -0.3 is 5.73 Å². The average Bonchev–Trinajstić information content (AvgIpc) is 2.77. The summed E-state index contributed by atoms with van der Waals surface area (Å²) in [7, 11) is 0. The molecule has 1 saturated carbocycles. The lowest BCUT2D eigenvalue weighted by atomic mass is 9.78. The Morgan fingerprint density at radius 3 is 2.54 bits per heavy atom. The molecule has 1 unspecified atom stereocenters. The van der Waals surface area contributed by atoms with Gasteiger partial charge in [0.1, 0.15) is 0 Å². The second kappa shape index (κ2) is 2.64. The number of halogens is 2. The van der Waals surface area contributed by atoms with Crippen molar-refractivity contribution in [3.05, 3.63) is 23.8 Å². The van der Waals surface area contributed by atoms with E-state index in [0.29, 0.717) is 12.3 Å². The predicted octanol–water partition coefficient (Wildman–Crippen LogP) is 2.45. The van der Waals surface area contributed by atoms with E-state index in [2.05, 4.69) is 0 Å². The minimum atomic E-state index is -0.730. The maximum atomic E-state index is 13.0. The van der Waals surface area contributed by atoms with Gasteiger partial charge in [0.15, 0.2) is 11.7 Å². The Morgan fingerprint density at radius 1 is 1.46 bits per heavy atom. The molecule has 2 aliphatic rings. The lowest BCUT2D eigenvalue weighted by Gasteiger charge is -2.27. The van der Waals surface area contributed by atoms with E-state index < -0.39 is 11.7 Å². The first kappa shape index (κ1) is 8.88. The first-order chi connectivity index (χ1) is 6.03. The van der Waals surface area contributed by atoms with Crippen LogP contribution in [0.15, 0.2) is 23.8 Å². The molecule has 1 nitrogen and oxygen atoms in total. The van der Waals surface area contributed by atoms with Crippen LogP contribution in [0.5, 0.6) is 0 Å². The summed E-state index contributed by atoms with van der Waals surface area (Å²) in [5.41, 5.74) is 5.43. The molecule has 0 aromatic heterocycles. The van der Waals surface area contributed by atoms with E-state index in [-0.39, 0.29) is 11.5 Å². The van der Waals surface area contributed by atoms with Crippen molar-refractivity contribution in [3.63, 3.8) is 0 Å². The maximum Gasteiger partial charge on any atom is 0.155 e. The first-order valence-corrected chi connectivity index (χ1v) is 4.53. The van der Waals surface area contributed by atoms with Crippen LogP contribution in [0.1, 0.15) is 19.8 Å². The highest BCUT2D eigenvalue weighted by atomic mass is 19.2. The van der Waals surface area contributed by atoms with Crippen molar-refractivity contribution in [2.45, 2.75) is 25.8 Å². The molecule has 0 spiro atoms. The van der Waals surface area contributed by atoms with Gasteiger partial charge in [0.05, 0.1) is 0 Å². The fourth-order valence-corrected chi connectivity index (χ4v) is 2.06. The molecule has 13 heavy (non-hydrogen) atoms. The number of hydrogen-bond donors (Lipinski definition) is 1. The zero-order valence-electron chi connectivity index (χ0n) is 7.56. The van der Waals surface area contributed by atoms with E-state index in [9.17, 15) is 8.78 Å². The normalized spacial score (nSPS) is 44.0. The van der Waals surface area contributed by atoms with Crippen LogP contribution < -0.4 is 5.73 Å². The molecule has 0 saturated heterocycles. The van der Waals surface area contributed by atoms with Crippen LogP contribution in [0, 0.1) is 11.3 Å². The summed E-state index contributed by atoms with van der Waals surface area (Å²) in [6.07, 6.45) is 4.20. The van der Waals surface area contributed by atoms with E-state index in [1.165, 1.54) is 12.2 Å². The van der Waals surface area contributed by atoms with Gasteiger partial charge in [-0.25, -0.2) is 8.78 Å². The van der Waals surface area contributed by atoms with Gasteiger partial charge in [-0.2, -0.15) is 0 Å². The van der Waals surface area contributed by atoms with E-state index in [1.54, 1.807) is 0 Å². The zero-order chi connectivity index (χ0) is 9.64. The molecule has 2 aliphatic carbocycles. The Morgan fingerprint density at radius 2 is 2.08 bits per heavy atom.